The highest BCUT2D eigenvalue weighted by Gasteiger charge is 2.16. The summed E-state index contributed by atoms with van der Waals surface area (Å²) in [4.78, 5) is 21.0. The highest BCUT2D eigenvalue weighted by molar-refractivity contribution is 9.10. The van der Waals surface area contributed by atoms with Gasteiger partial charge in [-0.15, -0.1) is 0 Å². The number of benzene rings is 1. The molecule has 20 heavy (non-hydrogen) atoms. The first-order valence-corrected chi connectivity index (χ1v) is 6.16. The van der Waals surface area contributed by atoms with Gasteiger partial charge in [0.15, 0.2) is 0 Å². The average molecular weight is 338 g/mol. The Morgan fingerprint density at radius 3 is 2.80 bits per heavy atom. The van der Waals surface area contributed by atoms with E-state index in [0.717, 1.165) is 6.08 Å². The Morgan fingerprint density at radius 2 is 2.25 bits per heavy atom. The lowest BCUT2D eigenvalue weighted by Crippen LogP contribution is -2.00. The van der Waals surface area contributed by atoms with Gasteiger partial charge < -0.3 is 5.11 Å². The number of hydrogen-bond acceptors (Lipinski definition) is 4. The lowest BCUT2D eigenvalue weighted by molar-refractivity contribution is -0.384. The summed E-state index contributed by atoms with van der Waals surface area (Å²) in [6.45, 7) is 0. The molecule has 0 fully saturated rings. The van der Waals surface area contributed by atoms with E-state index in [0.29, 0.717) is 15.7 Å². The maximum atomic E-state index is 11.1. The zero-order chi connectivity index (χ0) is 14.7. The molecule has 1 aromatic carbocycles. The number of nitrogens with zero attached hydrogens (tertiary/aromatic N) is 3. The third-order valence-corrected chi connectivity index (χ3v) is 2.82. The van der Waals surface area contributed by atoms with Crippen molar-refractivity contribution in [2.75, 3.05) is 0 Å². The number of aliphatic carboxylic acids is 1. The molecule has 0 saturated carbocycles. The Hall–Kier alpha value is -2.48. The lowest BCUT2D eigenvalue weighted by atomic mass is 10.1. The molecule has 102 valence electrons. The van der Waals surface area contributed by atoms with Crippen LogP contribution in [-0.2, 0) is 4.79 Å². The topological polar surface area (TPSA) is 98.3 Å². The number of carbonyl (C=O) groups is 1. The van der Waals surface area contributed by atoms with E-state index in [9.17, 15) is 14.9 Å². The minimum Gasteiger partial charge on any atom is -0.478 e. The van der Waals surface area contributed by atoms with Crippen LogP contribution in [0.1, 0.15) is 5.56 Å². The molecule has 1 N–H and O–H groups in total. The Kier molecular flexibility index (Phi) is 3.94. The van der Waals surface area contributed by atoms with Crippen molar-refractivity contribution in [2.24, 2.45) is 0 Å². The molecule has 0 spiro atoms. The molecule has 0 atom stereocenters. The van der Waals surface area contributed by atoms with Gasteiger partial charge in [0.05, 0.1) is 15.6 Å². The molecule has 7 nitrogen and oxygen atoms in total. The molecule has 0 radical (unpaired) electrons. The van der Waals surface area contributed by atoms with Crippen LogP contribution in [0, 0.1) is 10.1 Å². The molecular formula is C12H8BrN3O4. The zero-order valence-corrected chi connectivity index (χ0v) is 11.5. The molecule has 0 aliphatic rings. The van der Waals surface area contributed by atoms with Gasteiger partial charge >= 0.3 is 5.97 Å². The average Bonchev–Trinajstić information content (AvgIpc) is 2.82. The molecule has 2 rings (SSSR count). The number of carboxylic acid groups (broad SMARTS) is 1. The summed E-state index contributed by atoms with van der Waals surface area (Å²) in [6.07, 6.45) is 5.32. The smallest absolute Gasteiger partial charge is 0.328 e. The van der Waals surface area contributed by atoms with E-state index < -0.39 is 10.9 Å². The molecule has 0 unspecified atom stereocenters. The third-order valence-electron chi connectivity index (χ3n) is 2.41. The largest absolute Gasteiger partial charge is 0.478 e. The van der Waals surface area contributed by atoms with Gasteiger partial charge in [-0.05, 0) is 33.6 Å². The zero-order valence-electron chi connectivity index (χ0n) is 9.93. The first-order valence-electron chi connectivity index (χ1n) is 5.37. The van der Waals surface area contributed by atoms with Gasteiger partial charge in [-0.1, -0.05) is 6.07 Å². The normalized spacial score (nSPS) is 10.8. The predicted molar refractivity (Wildman–Crippen MR) is 74.6 cm³/mol. The SMILES string of the molecule is O=C(O)/C=C/c1ccc(-n2cc(Br)cn2)c([N+](=O)[O-])c1. The van der Waals surface area contributed by atoms with Gasteiger partial charge in [-0.25, -0.2) is 9.48 Å². The Bertz CT molecular complexity index is 708. The molecule has 0 aliphatic heterocycles. The van der Waals surface area contributed by atoms with Crippen LogP contribution in [0.4, 0.5) is 5.69 Å². The molecule has 0 saturated heterocycles. The van der Waals surface area contributed by atoms with Crippen molar-refractivity contribution in [3.8, 4) is 5.69 Å². The van der Waals surface area contributed by atoms with E-state index in [2.05, 4.69) is 21.0 Å². The van der Waals surface area contributed by atoms with Crippen molar-refractivity contribution >= 4 is 33.7 Å². The van der Waals surface area contributed by atoms with Gasteiger partial charge in [-0.3, -0.25) is 10.1 Å². The summed E-state index contributed by atoms with van der Waals surface area (Å²) in [5.41, 5.74) is 0.565. The van der Waals surface area contributed by atoms with Crippen LogP contribution < -0.4 is 0 Å². The number of rotatable bonds is 4. The van der Waals surface area contributed by atoms with Gasteiger partial charge in [0.2, 0.25) is 0 Å². The molecule has 0 bridgehead atoms. The van der Waals surface area contributed by atoms with Gasteiger partial charge in [0, 0.05) is 18.3 Å². The fourth-order valence-electron chi connectivity index (χ4n) is 1.58. The summed E-state index contributed by atoms with van der Waals surface area (Å²) in [5, 5.41) is 23.6. The van der Waals surface area contributed by atoms with E-state index in [-0.39, 0.29) is 5.69 Å². The van der Waals surface area contributed by atoms with Gasteiger partial charge in [0.25, 0.3) is 5.69 Å². The molecule has 0 amide bonds. The van der Waals surface area contributed by atoms with Crippen LogP contribution in [0.3, 0.4) is 0 Å². The van der Waals surface area contributed by atoms with Crippen LogP contribution in [0.2, 0.25) is 0 Å². The van der Waals surface area contributed by atoms with E-state index in [4.69, 9.17) is 5.11 Å². The van der Waals surface area contributed by atoms with Crippen LogP contribution >= 0.6 is 15.9 Å². The number of nitro benzene ring substituents is 1. The Labute approximate surface area is 121 Å². The molecule has 0 aliphatic carbocycles. The second-order valence-corrected chi connectivity index (χ2v) is 4.70. The summed E-state index contributed by atoms with van der Waals surface area (Å²) in [5.74, 6) is -1.12. The maximum absolute atomic E-state index is 11.1. The Morgan fingerprint density at radius 1 is 1.50 bits per heavy atom. The maximum Gasteiger partial charge on any atom is 0.328 e. The number of halogens is 1. The van der Waals surface area contributed by atoms with E-state index in [1.54, 1.807) is 12.3 Å². The fourth-order valence-corrected chi connectivity index (χ4v) is 1.87. The van der Waals surface area contributed by atoms with Crippen molar-refractivity contribution in [1.29, 1.82) is 0 Å². The minimum absolute atomic E-state index is 0.159. The van der Waals surface area contributed by atoms with Crippen molar-refractivity contribution in [2.45, 2.75) is 0 Å². The first kappa shape index (κ1) is 13.9. The standard InChI is InChI=1S/C12H8BrN3O4/c13-9-6-14-15(7-9)10-3-1-8(2-4-12(17)18)5-11(10)16(19)20/h1-7H,(H,17,18)/b4-2+. The van der Waals surface area contributed by atoms with Crippen molar-refractivity contribution in [3.63, 3.8) is 0 Å². The van der Waals surface area contributed by atoms with Gasteiger partial charge in [-0.2, -0.15) is 5.10 Å². The lowest BCUT2D eigenvalue weighted by Gasteiger charge is -2.03. The van der Waals surface area contributed by atoms with E-state index in [1.165, 1.54) is 29.1 Å². The molecule has 8 heteroatoms. The first-order chi connectivity index (χ1) is 9.47. The van der Waals surface area contributed by atoms with Crippen LogP contribution in [0.5, 0.6) is 0 Å². The molecule has 1 aromatic heterocycles. The second-order valence-electron chi connectivity index (χ2n) is 3.78. The van der Waals surface area contributed by atoms with Crippen molar-refractivity contribution in [1.82, 2.24) is 9.78 Å². The van der Waals surface area contributed by atoms with Crippen LogP contribution in [0.25, 0.3) is 11.8 Å². The number of nitro groups is 1. The Balaban J connectivity index is 2.49. The van der Waals surface area contributed by atoms with Crippen LogP contribution in [-0.4, -0.2) is 25.8 Å². The van der Waals surface area contributed by atoms with Crippen LogP contribution in [0.15, 0.2) is 41.1 Å². The van der Waals surface area contributed by atoms with E-state index >= 15 is 0 Å². The fraction of sp³-hybridized carbons (Fsp3) is 0. The number of carboxylic acids is 1. The summed E-state index contributed by atoms with van der Waals surface area (Å²) in [6, 6.07) is 4.39. The number of hydrogen-bond donors (Lipinski definition) is 1. The summed E-state index contributed by atoms with van der Waals surface area (Å²) < 4.78 is 2.06. The highest BCUT2D eigenvalue weighted by atomic mass is 79.9. The molecule has 1 heterocycles. The second kappa shape index (κ2) is 5.66. The molecular weight excluding hydrogens is 330 g/mol. The summed E-state index contributed by atoms with van der Waals surface area (Å²) >= 11 is 3.22. The molecule has 2 aromatic rings. The quantitative estimate of drug-likeness (QED) is 0.525. The van der Waals surface area contributed by atoms with Crippen molar-refractivity contribution in [3.05, 3.63) is 56.8 Å². The predicted octanol–water partition coefficient (Wildman–Crippen LogP) is 2.64. The van der Waals surface area contributed by atoms with Crippen molar-refractivity contribution < 1.29 is 14.8 Å². The summed E-state index contributed by atoms with van der Waals surface area (Å²) in [7, 11) is 0. The van der Waals surface area contributed by atoms with Gasteiger partial charge in [0.1, 0.15) is 5.69 Å². The third kappa shape index (κ3) is 3.09. The monoisotopic (exact) mass is 337 g/mol. The van der Waals surface area contributed by atoms with E-state index in [1.807, 2.05) is 0 Å². The highest BCUT2D eigenvalue weighted by Crippen LogP contribution is 2.25. The number of aromatic nitrogens is 2. The minimum atomic E-state index is -1.12.